The summed E-state index contributed by atoms with van der Waals surface area (Å²) in [7, 11) is 0. The first-order valence-electron chi connectivity index (χ1n) is 5.77. The molecule has 1 aromatic rings. The Morgan fingerprint density at radius 1 is 1.38 bits per heavy atom. The molecule has 2 atom stereocenters. The predicted molar refractivity (Wildman–Crippen MR) is 63.1 cm³/mol. The van der Waals surface area contributed by atoms with Crippen molar-refractivity contribution in [2.75, 3.05) is 0 Å². The molecule has 0 spiro atoms. The van der Waals surface area contributed by atoms with Gasteiger partial charge in [-0.2, -0.15) is 0 Å². The molecule has 1 nitrogen and oxygen atoms in total. The standard InChI is InChI=1S/C13H16ClFO/c14-13-10(4-2-6-12(13)15)7-9-3-1-5-11(16)8-9/h2,4,6,9,11,16H,1,3,5,7-8H2. The summed E-state index contributed by atoms with van der Waals surface area (Å²) in [5.74, 6) is 0.0820. The Morgan fingerprint density at radius 2 is 2.19 bits per heavy atom. The molecular formula is C13H16ClFO. The first-order valence-corrected chi connectivity index (χ1v) is 6.15. The van der Waals surface area contributed by atoms with Gasteiger partial charge in [0.1, 0.15) is 5.82 Å². The van der Waals surface area contributed by atoms with E-state index in [-0.39, 0.29) is 16.9 Å². The minimum Gasteiger partial charge on any atom is -0.393 e. The van der Waals surface area contributed by atoms with E-state index >= 15 is 0 Å². The molecule has 0 amide bonds. The van der Waals surface area contributed by atoms with Gasteiger partial charge < -0.3 is 5.11 Å². The summed E-state index contributed by atoms with van der Waals surface area (Å²) in [6.07, 6.45) is 4.45. The third-order valence-electron chi connectivity index (χ3n) is 3.30. The summed E-state index contributed by atoms with van der Waals surface area (Å²) in [5, 5.41) is 9.81. The third kappa shape index (κ3) is 2.74. The van der Waals surface area contributed by atoms with E-state index in [4.69, 9.17) is 11.6 Å². The highest BCUT2D eigenvalue weighted by Crippen LogP contribution is 2.30. The molecule has 88 valence electrons. The molecule has 1 fully saturated rings. The highest BCUT2D eigenvalue weighted by atomic mass is 35.5. The maximum Gasteiger partial charge on any atom is 0.142 e. The van der Waals surface area contributed by atoms with Gasteiger partial charge in [0.05, 0.1) is 11.1 Å². The number of halogens is 2. The zero-order valence-corrected chi connectivity index (χ0v) is 9.88. The van der Waals surface area contributed by atoms with Crippen LogP contribution in [-0.2, 0) is 6.42 Å². The van der Waals surface area contributed by atoms with Crippen molar-refractivity contribution in [3.8, 4) is 0 Å². The van der Waals surface area contributed by atoms with Gasteiger partial charge in [0, 0.05) is 0 Å². The Bertz CT molecular complexity index is 367. The lowest BCUT2D eigenvalue weighted by atomic mass is 9.83. The van der Waals surface area contributed by atoms with E-state index in [1.165, 1.54) is 6.07 Å². The molecule has 3 heteroatoms. The molecule has 1 aliphatic carbocycles. The monoisotopic (exact) mass is 242 g/mol. The molecule has 2 unspecified atom stereocenters. The average molecular weight is 243 g/mol. The maximum absolute atomic E-state index is 13.2. The minimum atomic E-state index is -0.351. The molecule has 0 aromatic heterocycles. The Labute approximate surface area is 100 Å². The summed E-state index contributed by atoms with van der Waals surface area (Å²) < 4.78 is 13.2. The van der Waals surface area contributed by atoms with E-state index in [1.54, 1.807) is 6.07 Å². The second-order valence-corrected chi connectivity index (χ2v) is 4.98. The van der Waals surface area contributed by atoms with Crippen molar-refractivity contribution < 1.29 is 9.50 Å². The van der Waals surface area contributed by atoms with Crippen molar-refractivity contribution in [1.29, 1.82) is 0 Å². The van der Waals surface area contributed by atoms with Crippen LogP contribution in [-0.4, -0.2) is 11.2 Å². The Morgan fingerprint density at radius 3 is 2.94 bits per heavy atom. The highest BCUT2D eigenvalue weighted by Gasteiger charge is 2.21. The number of aliphatic hydroxyl groups excluding tert-OH is 1. The van der Waals surface area contributed by atoms with Crippen LogP contribution in [0.25, 0.3) is 0 Å². The van der Waals surface area contributed by atoms with Gasteiger partial charge in [-0.25, -0.2) is 4.39 Å². The SMILES string of the molecule is OC1CCCC(Cc2cccc(F)c2Cl)C1. The van der Waals surface area contributed by atoms with Crippen LogP contribution < -0.4 is 0 Å². The lowest BCUT2D eigenvalue weighted by Gasteiger charge is -2.26. The molecule has 0 aliphatic heterocycles. The van der Waals surface area contributed by atoms with E-state index in [2.05, 4.69) is 0 Å². The van der Waals surface area contributed by atoms with Gasteiger partial charge in [-0.1, -0.05) is 30.2 Å². The second-order valence-electron chi connectivity index (χ2n) is 4.60. The average Bonchev–Trinajstić information content (AvgIpc) is 2.25. The van der Waals surface area contributed by atoms with Crippen molar-refractivity contribution in [1.82, 2.24) is 0 Å². The molecule has 2 rings (SSSR count). The fourth-order valence-electron chi connectivity index (χ4n) is 2.47. The van der Waals surface area contributed by atoms with Crippen molar-refractivity contribution in [3.63, 3.8) is 0 Å². The van der Waals surface area contributed by atoms with Crippen molar-refractivity contribution >= 4 is 11.6 Å². The molecule has 0 heterocycles. The zero-order chi connectivity index (χ0) is 11.5. The lowest BCUT2D eigenvalue weighted by molar-refractivity contribution is 0.101. The first-order chi connectivity index (χ1) is 7.66. The molecule has 1 saturated carbocycles. The van der Waals surface area contributed by atoms with Crippen LogP contribution in [0, 0.1) is 11.7 Å². The normalized spacial score (nSPS) is 25.7. The number of hydrogen-bond acceptors (Lipinski definition) is 1. The van der Waals surface area contributed by atoms with Crippen LogP contribution in [0.1, 0.15) is 31.2 Å². The topological polar surface area (TPSA) is 20.2 Å². The van der Waals surface area contributed by atoms with E-state index in [0.717, 1.165) is 37.7 Å². The van der Waals surface area contributed by atoms with E-state index < -0.39 is 0 Å². The maximum atomic E-state index is 13.2. The van der Waals surface area contributed by atoms with Gasteiger partial charge in [-0.05, 0) is 43.2 Å². The van der Waals surface area contributed by atoms with Crippen LogP contribution in [0.15, 0.2) is 18.2 Å². The molecule has 0 bridgehead atoms. The Hall–Kier alpha value is -0.600. The van der Waals surface area contributed by atoms with Gasteiger partial charge in [0.15, 0.2) is 0 Å². The van der Waals surface area contributed by atoms with Gasteiger partial charge >= 0.3 is 0 Å². The van der Waals surface area contributed by atoms with Crippen LogP contribution in [0.3, 0.4) is 0 Å². The van der Waals surface area contributed by atoms with Crippen LogP contribution in [0.2, 0.25) is 5.02 Å². The molecule has 0 radical (unpaired) electrons. The number of hydrogen-bond donors (Lipinski definition) is 1. The van der Waals surface area contributed by atoms with Crippen molar-refractivity contribution in [3.05, 3.63) is 34.6 Å². The van der Waals surface area contributed by atoms with Gasteiger partial charge in [0.2, 0.25) is 0 Å². The predicted octanol–water partition coefficient (Wildman–Crippen LogP) is 3.57. The van der Waals surface area contributed by atoms with Gasteiger partial charge in [-0.15, -0.1) is 0 Å². The van der Waals surface area contributed by atoms with Crippen LogP contribution >= 0.6 is 11.6 Å². The fraction of sp³-hybridized carbons (Fsp3) is 0.538. The van der Waals surface area contributed by atoms with Crippen molar-refractivity contribution in [2.24, 2.45) is 5.92 Å². The summed E-state index contributed by atoms with van der Waals surface area (Å²) in [6, 6.07) is 4.93. The summed E-state index contributed by atoms with van der Waals surface area (Å²) in [5.41, 5.74) is 0.862. The summed E-state index contributed by atoms with van der Waals surface area (Å²) in [6.45, 7) is 0. The molecule has 16 heavy (non-hydrogen) atoms. The first kappa shape index (κ1) is 11.9. The van der Waals surface area contributed by atoms with Gasteiger partial charge in [-0.3, -0.25) is 0 Å². The van der Waals surface area contributed by atoms with Crippen molar-refractivity contribution in [2.45, 2.75) is 38.2 Å². The van der Waals surface area contributed by atoms with E-state index in [9.17, 15) is 9.50 Å². The molecular weight excluding hydrogens is 227 g/mol. The van der Waals surface area contributed by atoms with E-state index in [0.29, 0.717) is 5.92 Å². The molecule has 1 N–H and O–H groups in total. The third-order valence-corrected chi connectivity index (χ3v) is 3.72. The molecule has 1 aromatic carbocycles. The minimum absolute atomic E-state index is 0.189. The summed E-state index contributed by atoms with van der Waals surface area (Å²) >= 11 is 5.91. The van der Waals surface area contributed by atoms with E-state index in [1.807, 2.05) is 6.07 Å². The van der Waals surface area contributed by atoms with Gasteiger partial charge in [0.25, 0.3) is 0 Å². The highest BCUT2D eigenvalue weighted by molar-refractivity contribution is 6.31. The summed E-state index contributed by atoms with van der Waals surface area (Å²) in [4.78, 5) is 0. The fourth-order valence-corrected chi connectivity index (χ4v) is 2.67. The number of rotatable bonds is 2. The second kappa shape index (κ2) is 5.15. The largest absolute Gasteiger partial charge is 0.393 e. The lowest BCUT2D eigenvalue weighted by Crippen LogP contribution is -2.21. The Balaban J connectivity index is 2.05. The molecule has 0 saturated heterocycles. The Kier molecular flexibility index (Phi) is 3.82. The molecule has 1 aliphatic rings. The van der Waals surface area contributed by atoms with Crippen LogP contribution in [0.5, 0.6) is 0 Å². The van der Waals surface area contributed by atoms with Crippen LogP contribution in [0.4, 0.5) is 4.39 Å². The number of benzene rings is 1. The number of aliphatic hydroxyl groups is 1. The zero-order valence-electron chi connectivity index (χ0n) is 9.13. The quantitative estimate of drug-likeness (QED) is 0.841. The smallest absolute Gasteiger partial charge is 0.142 e.